The number of thioether (sulfide) groups is 1. The van der Waals surface area contributed by atoms with E-state index in [0.717, 1.165) is 28.3 Å². The summed E-state index contributed by atoms with van der Waals surface area (Å²) >= 11 is 7.09. The zero-order valence-corrected chi connectivity index (χ0v) is 20.3. The van der Waals surface area contributed by atoms with Gasteiger partial charge in [0.15, 0.2) is 5.11 Å². The molecule has 188 valence electrons. The van der Waals surface area contributed by atoms with E-state index >= 15 is 0 Å². The van der Waals surface area contributed by atoms with Gasteiger partial charge in [0, 0.05) is 11.4 Å². The fraction of sp³-hybridized carbons (Fsp3) is 0.375. The Hall–Kier alpha value is -2.85. The van der Waals surface area contributed by atoms with Crippen LogP contribution in [0.2, 0.25) is 0 Å². The van der Waals surface area contributed by atoms with Crippen molar-refractivity contribution in [2.45, 2.75) is 48.1 Å². The van der Waals surface area contributed by atoms with Crippen molar-refractivity contribution in [1.29, 1.82) is 5.26 Å². The highest BCUT2D eigenvalue weighted by Gasteiger charge is 2.59. The number of fused-ring (bicyclic) bond motifs is 1. The van der Waals surface area contributed by atoms with Gasteiger partial charge < -0.3 is 19.8 Å². The molecular formula is C24H20F3N3O4S2. The lowest BCUT2D eigenvalue weighted by atomic mass is 9.75. The summed E-state index contributed by atoms with van der Waals surface area (Å²) in [4.78, 5) is 17.2. The maximum absolute atomic E-state index is 13.6. The van der Waals surface area contributed by atoms with Gasteiger partial charge in [0.2, 0.25) is 0 Å². The van der Waals surface area contributed by atoms with Crippen LogP contribution in [0.4, 0.5) is 24.5 Å². The summed E-state index contributed by atoms with van der Waals surface area (Å²) in [5.41, 5.74) is -2.08. The van der Waals surface area contributed by atoms with E-state index in [9.17, 15) is 28.2 Å². The zero-order chi connectivity index (χ0) is 25.8. The predicted octanol–water partition coefficient (Wildman–Crippen LogP) is 3.84. The van der Waals surface area contributed by atoms with Crippen molar-refractivity contribution < 1.29 is 32.9 Å². The van der Waals surface area contributed by atoms with Crippen LogP contribution < -0.4 is 14.5 Å². The molecule has 0 aromatic heterocycles. The van der Waals surface area contributed by atoms with Crippen molar-refractivity contribution in [3.8, 4) is 11.8 Å². The van der Waals surface area contributed by atoms with Gasteiger partial charge >= 0.3 is 6.18 Å². The van der Waals surface area contributed by atoms with Gasteiger partial charge in [0.05, 0.1) is 34.4 Å². The zero-order valence-electron chi connectivity index (χ0n) is 18.7. The average molecular weight is 536 g/mol. The third kappa shape index (κ3) is 3.82. The molecule has 2 aromatic rings. The van der Waals surface area contributed by atoms with E-state index in [2.05, 4.69) is 0 Å². The molecule has 5 rings (SSSR count). The molecule has 2 aromatic carbocycles. The number of nitriles is 1. The highest BCUT2D eigenvalue weighted by Crippen LogP contribution is 2.50. The maximum atomic E-state index is 13.6. The minimum absolute atomic E-state index is 0.0402. The van der Waals surface area contributed by atoms with Gasteiger partial charge in [-0.2, -0.15) is 18.4 Å². The van der Waals surface area contributed by atoms with Gasteiger partial charge in [-0.1, -0.05) is 0 Å². The van der Waals surface area contributed by atoms with Crippen LogP contribution in [-0.4, -0.2) is 51.3 Å². The Morgan fingerprint density at radius 2 is 1.97 bits per heavy atom. The van der Waals surface area contributed by atoms with Crippen LogP contribution in [0.5, 0.6) is 5.75 Å². The van der Waals surface area contributed by atoms with Crippen molar-refractivity contribution in [3.63, 3.8) is 0 Å². The Morgan fingerprint density at radius 3 is 2.58 bits per heavy atom. The van der Waals surface area contributed by atoms with Crippen molar-refractivity contribution in [3.05, 3.63) is 47.5 Å². The predicted molar refractivity (Wildman–Crippen MR) is 130 cm³/mol. The maximum Gasteiger partial charge on any atom is 0.417 e. The standard InChI is InChI=1S/C24H20F3N3O4S2/c25-24(26,27)16-8-14(3-2-13(16)10-28)29-21(33)23(6-1-7-23)30(22(29)35)15-4-5-18-20(9-15)36-12-19(34-18)17(32)11-31/h2-5,8-9,17,19,31-32H,1,6-7,11-12H2. The second-order valence-corrected chi connectivity index (χ2v) is 10.3. The fourth-order valence-corrected chi connectivity index (χ4v) is 6.30. The van der Waals surface area contributed by atoms with Gasteiger partial charge in [-0.05, 0) is 67.9 Å². The second kappa shape index (κ2) is 8.92. The highest BCUT2D eigenvalue weighted by atomic mass is 32.2. The normalized spacial score (nSPS) is 21.6. The summed E-state index contributed by atoms with van der Waals surface area (Å²) in [6.07, 6.45) is -4.59. The Bertz CT molecular complexity index is 1290. The smallest absolute Gasteiger partial charge is 0.417 e. The molecule has 1 saturated heterocycles. The number of halogens is 3. The number of hydrogen-bond acceptors (Lipinski definition) is 7. The Kier molecular flexibility index (Phi) is 6.15. The Labute approximate surface area is 214 Å². The molecule has 12 heteroatoms. The number of rotatable bonds is 4. The van der Waals surface area contributed by atoms with E-state index in [0.29, 0.717) is 30.0 Å². The van der Waals surface area contributed by atoms with Crippen LogP contribution in [-0.2, 0) is 11.0 Å². The number of aliphatic hydroxyl groups is 2. The molecule has 2 aliphatic heterocycles. The number of amides is 1. The molecule has 0 radical (unpaired) electrons. The molecule has 2 unspecified atom stereocenters. The lowest BCUT2D eigenvalue weighted by Gasteiger charge is -2.43. The van der Waals surface area contributed by atoms with E-state index in [-0.39, 0.29) is 10.8 Å². The monoisotopic (exact) mass is 535 g/mol. The highest BCUT2D eigenvalue weighted by molar-refractivity contribution is 7.99. The number of aliphatic hydroxyl groups excluding tert-OH is 2. The number of alkyl halides is 3. The van der Waals surface area contributed by atoms with Gasteiger partial charge in [-0.15, -0.1) is 11.8 Å². The molecule has 1 saturated carbocycles. The van der Waals surface area contributed by atoms with Crippen LogP contribution in [0.25, 0.3) is 0 Å². The molecule has 36 heavy (non-hydrogen) atoms. The Morgan fingerprint density at radius 1 is 1.25 bits per heavy atom. The summed E-state index contributed by atoms with van der Waals surface area (Å²) in [7, 11) is 0. The number of thiocarbonyl (C=S) groups is 1. The molecule has 0 bridgehead atoms. The lowest BCUT2D eigenvalue weighted by Crippen LogP contribution is -2.55. The SMILES string of the molecule is N#Cc1ccc(N2C(=O)C3(CCC3)N(c3ccc4c(c3)SCC(C(O)CO)O4)C2=S)cc1C(F)(F)F. The first kappa shape index (κ1) is 24.8. The minimum Gasteiger partial charge on any atom is -0.486 e. The van der Waals surface area contributed by atoms with Gasteiger partial charge in [0.25, 0.3) is 5.91 Å². The summed E-state index contributed by atoms with van der Waals surface area (Å²) in [6, 6.07) is 9.92. The fourth-order valence-electron chi connectivity index (χ4n) is 4.73. The molecule has 1 spiro atoms. The number of benzene rings is 2. The second-order valence-electron chi connectivity index (χ2n) is 8.83. The molecule has 7 nitrogen and oxygen atoms in total. The summed E-state index contributed by atoms with van der Waals surface area (Å²) < 4.78 is 46.6. The molecule has 2 fully saturated rings. The van der Waals surface area contributed by atoms with E-state index in [1.807, 2.05) is 6.07 Å². The molecule has 3 aliphatic rings. The summed E-state index contributed by atoms with van der Waals surface area (Å²) in [5, 5.41) is 28.3. The van der Waals surface area contributed by atoms with Gasteiger partial charge in [-0.3, -0.25) is 9.69 Å². The van der Waals surface area contributed by atoms with Crippen LogP contribution in [0.15, 0.2) is 41.3 Å². The van der Waals surface area contributed by atoms with E-state index in [4.69, 9.17) is 22.2 Å². The number of ether oxygens (including phenoxy) is 1. The topological polar surface area (TPSA) is 97.0 Å². The third-order valence-electron chi connectivity index (χ3n) is 6.76. The van der Waals surface area contributed by atoms with E-state index in [1.54, 1.807) is 23.1 Å². The van der Waals surface area contributed by atoms with Crippen molar-refractivity contribution in [1.82, 2.24) is 0 Å². The first-order chi connectivity index (χ1) is 17.1. The molecule has 1 aliphatic carbocycles. The van der Waals surface area contributed by atoms with Crippen LogP contribution in [0.3, 0.4) is 0 Å². The van der Waals surface area contributed by atoms with Gasteiger partial charge in [0.1, 0.15) is 23.5 Å². The number of carbonyl (C=O) groups is 1. The van der Waals surface area contributed by atoms with Crippen LogP contribution in [0.1, 0.15) is 30.4 Å². The average Bonchev–Trinajstić information content (AvgIpc) is 3.08. The first-order valence-electron chi connectivity index (χ1n) is 11.1. The van der Waals surface area contributed by atoms with E-state index in [1.165, 1.54) is 17.8 Å². The Balaban J connectivity index is 1.52. The molecule has 2 heterocycles. The number of anilines is 2. The van der Waals surface area contributed by atoms with Crippen LogP contribution in [0, 0.1) is 11.3 Å². The van der Waals surface area contributed by atoms with Gasteiger partial charge in [-0.25, -0.2) is 0 Å². The molecule has 2 atom stereocenters. The van der Waals surface area contributed by atoms with E-state index < -0.39 is 47.6 Å². The first-order valence-corrected chi connectivity index (χ1v) is 12.5. The van der Waals surface area contributed by atoms with Crippen molar-refractivity contribution >= 4 is 46.4 Å². The third-order valence-corrected chi connectivity index (χ3v) is 8.25. The summed E-state index contributed by atoms with van der Waals surface area (Å²) in [5.74, 6) is 0.527. The quantitative estimate of drug-likeness (QED) is 0.570. The van der Waals surface area contributed by atoms with Crippen molar-refractivity contribution in [2.24, 2.45) is 0 Å². The molecule has 1 amide bonds. The number of nitrogens with zero attached hydrogens (tertiary/aromatic N) is 3. The largest absolute Gasteiger partial charge is 0.486 e. The lowest BCUT2D eigenvalue weighted by molar-refractivity contribution is -0.137. The van der Waals surface area contributed by atoms with Crippen LogP contribution >= 0.6 is 24.0 Å². The number of carbonyl (C=O) groups excluding carboxylic acids is 1. The minimum atomic E-state index is -4.77. The van der Waals surface area contributed by atoms with Crippen molar-refractivity contribution in [2.75, 3.05) is 22.2 Å². The molecule has 2 N–H and O–H groups in total. The summed E-state index contributed by atoms with van der Waals surface area (Å²) in [6.45, 7) is -0.424. The number of hydrogen-bond donors (Lipinski definition) is 2. The molecular weight excluding hydrogens is 515 g/mol.